The van der Waals surface area contributed by atoms with Gasteiger partial charge in [-0.05, 0) is 43.7 Å². The number of hydrogen-bond donors (Lipinski definition) is 3. The van der Waals surface area contributed by atoms with E-state index in [4.69, 9.17) is 30.5 Å². The molecule has 3 aliphatic rings. The number of carbonyl (C=O) groups is 4. The van der Waals surface area contributed by atoms with Crippen LogP contribution in [0, 0.1) is 5.92 Å². The van der Waals surface area contributed by atoms with Crippen LogP contribution in [0.5, 0.6) is 0 Å². The van der Waals surface area contributed by atoms with Crippen molar-refractivity contribution in [3.8, 4) is 0 Å². The summed E-state index contributed by atoms with van der Waals surface area (Å²) < 4.78 is 23.1. The van der Waals surface area contributed by atoms with Crippen LogP contribution in [0.15, 0.2) is 42.0 Å². The van der Waals surface area contributed by atoms with E-state index in [0.717, 1.165) is 16.0 Å². The van der Waals surface area contributed by atoms with Crippen molar-refractivity contribution >= 4 is 53.9 Å². The summed E-state index contributed by atoms with van der Waals surface area (Å²) in [5.41, 5.74) is -0.684. The highest BCUT2D eigenvalue weighted by atomic mass is 35.5. The minimum absolute atomic E-state index is 0.0135. The fourth-order valence-corrected chi connectivity index (χ4v) is 6.40. The molecule has 0 aromatic heterocycles. The maximum Gasteiger partial charge on any atom is 0.416 e. The van der Waals surface area contributed by atoms with Crippen molar-refractivity contribution in [1.29, 1.82) is 0 Å². The minimum Gasteiger partial charge on any atom is -0.446 e. The molecule has 252 valence electrons. The molecule has 1 aromatic rings. The first-order valence-corrected chi connectivity index (χ1v) is 16.0. The number of amides is 4. The van der Waals surface area contributed by atoms with Crippen molar-refractivity contribution in [3.05, 3.63) is 52.6 Å². The van der Waals surface area contributed by atoms with Crippen LogP contribution in [0.4, 0.5) is 15.3 Å². The molecule has 1 unspecified atom stereocenters. The second-order valence-corrected chi connectivity index (χ2v) is 13.1. The van der Waals surface area contributed by atoms with E-state index in [9.17, 15) is 24.3 Å². The van der Waals surface area contributed by atoms with Gasteiger partial charge < -0.3 is 29.0 Å². The Morgan fingerprint density at radius 1 is 1.30 bits per heavy atom. The van der Waals surface area contributed by atoms with Gasteiger partial charge in [0.25, 0.3) is 0 Å². The lowest BCUT2D eigenvalue weighted by molar-refractivity contribution is -0.142. The highest BCUT2D eigenvalue weighted by molar-refractivity contribution is 7.80. The first kappa shape index (κ1) is 35.7. The summed E-state index contributed by atoms with van der Waals surface area (Å²) in [5, 5.41) is 14.4. The number of ether oxygens (including phenoxy) is 4. The zero-order valence-corrected chi connectivity index (χ0v) is 28.5. The Morgan fingerprint density at radius 2 is 2.02 bits per heavy atom. The number of aliphatic hydroxyl groups is 1. The maximum atomic E-state index is 13.8. The lowest BCUT2D eigenvalue weighted by atomic mass is 9.83. The number of allylic oxidation sites excluding steroid dienone is 3. The summed E-state index contributed by atoms with van der Waals surface area (Å²) in [5.74, 6) is -1.19. The molecule has 2 N–H and O–H groups in total. The van der Waals surface area contributed by atoms with Crippen molar-refractivity contribution in [2.45, 2.75) is 82.2 Å². The number of benzene rings is 1. The van der Waals surface area contributed by atoms with Gasteiger partial charge in [0.1, 0.15) is 23.9 Å². The Bertz CT molecular complexity index is 1420. The van der Waals surface area contributed by atoms with Crippen LogP contribution in [0.25, 0.3) is 0 Å². The highest BCUT2D eigenvalue weighted by Crippen LogP contribution is 2.49. The lowest BCUT2D eigenvalue weighted by Crippen LogP contribution is -2.63. The number of hydrogen-bond acceptors (Lipinski definition) is 10. The van der Waals surface area contributed by atoms with E-state index in [2.05, 4.69) is 17.9 Å². The third kappa shape index (κ3) is 7.71. The first-order valence-electron chi connectivity index (χ1n) is 15.0. The summed E-state index contributed by atoms with van der Waals surface area (Å²) >= 11 is 10.6. The average Bonchev–Trinajstić information content (AvgIpc) is 3.70. The van der Waals surface area contributed by atoms with Gasteiger partial charge in [-0.1, -0.05) is 48.4 Å². The number of thiol groups is 1. The predicted molar refractivity (Wildman–Crippen MR) is 174 cm³/mol. The molecular formula is C32H42ClN3O9S. The van der Waals surface area contributed by atoms with Gasteiger partial charge in [0.05, 0.1) is 23.2 Å². The minimum atomic E-state index is -1.80. The van der Waals surface area contributed by atoms with E-state index in [1.807, 2.05) is 25.1 Å². The van der Waals surface area contributed by atoms with Gasteiger partial charge in [-0.3, -0.25) is 19.8 Å². The van der Waals surface area contributed by atoms with Crippen molar-refractivity contribution < 1.29 is 43.2 Å². The van der Waals surface area contributed by atoms with Crippen molar-refractivity contribution in [2.75, 3.05) is 31.9 Å². The molecular weight excluding hydrogens is 638 g/mol. The molecule has 7 atom stereocenters. The Labute approximate surface area is 279 Å². The monoisotopic (exact) mass is 679 g/mol. The summed E-state index contributed by atoms with van der Waals surface area (Å²) in [6, 6.07) is 5.39. The maximum absolute atomic E-state index is 13.8. The topological polar surface area (TPSA) is 147 Å². The van der Waals surface area contributed by atoms with Crippen LogP contribution in [0.1, 0.15) is 45.6 Å². The van der Waals surface area contributed by atoms with E-state index in [0.29, 0.717) is 17.1 Å². The Hall–Kier alpha value is -3.10. The molecule has 0 aliphatic carbocycles. The van der Waals surface area contributed by atoms with E-state index in [1.54, 1.807) is 39.1 Å². The summed E-state index contributed by atoms with van der Waals surface area (Å²) in [4.78, 5) is 54.3. The third-order valence-electron chi connectivity index (χ3n) is 8.88. The van der Waals surface area contributed by atoms with Crippen LogP contribution in [0.2, 0.25) is 5.02 Å². The molecule has 46 heavy (non-hydrogen) atoms. The molecule has 14 heteroatoms. The van der Waals surface area contributed by atoms with Gasteiger partial charge in [0, 0.05) is 40.0 Å². The molecule has 3 heterocycles. The number of anilines is 1. The normalized spacial score (nSPS) is 33.5. The zero-order chi connectivity index (χ0) is 34.0. The Morgan fingerprint density at radius 3 is 2.70 bits per heavy atom. The summed E-state index contributed by atoms with van der Waals surface area (Å²) in [6.45, 7) is 5.41. The van der Waals surface area contributed by atoms with Gasteiger partial charge in [-0.2, -0.15) is 12.6 Å². The summed E-state index contributed by atoms with van der Waals surface area (Å²) in [6.07, 6.45) is 0.147. The molecule has 0 spiro atoms. The van der Waals surface area contributed by atoms with Crippen LogP contribution in [-0.2, 0) is 35.0 Å². The van der Waals surface area contributed by atoms with E-state index >= 15 is 0 Å². The van der Waals surface area contributed by atoms with Gasteiger partial charge in [0.15, 0.2) is 5.72 Å². The number of carbonyl (C=O) groups excluding carboxylic acids is 4. The molecule has 0 saturated carbocycles. The molecule has 12 nitrogen and oxygen atoms in total. The van der Waals surface area contributed by atoms with Crippen molar-refractivity contribution in [1.82, 2.24) is 10.2 Å². The number of nitrogens with one attached hydrogen (secondary N) is 1. The number of rotatable bonds is 4. The third-order valence-corrected chi connectivity index (χ3v) is 9.42. The van der Waals surface area contributed by atoms with E-state index in [-0.39, 0.29) is 25.0 Å². The number of fused-ring (bicyclic) bond motifs is 5. The fourth-order valence-electron chi connectivity index (χ4n) is 5.96. The van der Waals surface area contributed by atoms with Gasteiger partial charge in [-0.15, -0.1) is 0 Å². The Kier molecular flexibility index (Phi) is 11.1. The fraction of sp³-hybridized carbons (Fsp3) is 0.562. The molecule has 4 bridgehead atoms. The molecule has 0 radical (unpaired) electrons. The van der Waals surface area contributed by atoms with E-state index < -0.39 is 65.7 Å². The average molecular weight is 680 g/mol. The number of halogens is 1. The van der Waals surface area contributed by atoms with Crippen LogP contribution >= 0.6 is 24.2 Å². The van der Waals surface area contributed by atoms with Gasteiger partial charge in [-0.25, -0.2) is 9.59 Å². The van der Waals surface area contributed by atoms with Gasteiger partial charge in [0.2, 0.25) is 11.8 Å². The summed E-state index contributed by atoms with van der Waals surface area (Å²) in [7, 11) is 4.30. The van der Waals surface area contributed by atoms with Gasteiger partial charge >= 0.3 is 12.2 Å². The second-order valence-electron chi connectivity index (χ2n) is 12.3. The molecule has 4 amide bonds. The number of nitrogens with zero attached hydrogens (tertiary/aromatic N) is 2. The molecule has 3 aliphatic heterocycles. The molecule has 2 saturated heterocycles. The number of epoxide rings is 1. The first-order chi connectivity index (χ1) is 21.6. The van der Waals surface area contributed by atoms with Crippen LogP contribution in [0.3, 0.4) is 0 Å². The largest absolute Gasteiger partial charge is 0.446 e. The van der Waals surface area contributed by atoms with E-state index in [1.165, 1.54) is 19.1 Å². The van der Waals surface area contributed by atoms with Crippen molar-refractivity contribution in [2.24, 2.45) is 5.92 Å². The zero-order valence-electron chi connectivity index (χ0n) is 26.8. The predicted octanol–water partition coefficient (Wildman–Crippen LogP) is 4.03. The van der Waals surface area contributed by atoms with Crippen LogP contribution in [-0.4, -0.2) is 96.7 Å². The highest BCUT2D eigenvalue weighted by Gasteiger charge is 2.64. The molecule has 1 aromatic carbocycles. The quantitative estimate of drug-likeness (QED) is 0.317. The smallest absolute Gasteiger partial charge is 0.416 e. The number of imide groups is 1. The van der Waals surface area contributed by atoms with Crippen molar-refractivity contribution in [3.63, 3.8) is 0 Å². The van der Waals surface area contributed by atoms with Crippen LogP contribution < -0.4 is 10.2 Å². The number of methoxy groups -OCH3 is 1. The number of alkyl carbamates (subject to hydrolysis) is 1. The molecule has 4 rings (SSSR count). The molecule has 2 fully saturated rings. The second kappa shape index (κ2) is 14.3. The Balaban J connectivity index is 1.75. The standard InChI is InChI=1S/C32H42ClN3O9S/c1-18-8-7-9-24(42-6)32(41)17-23(43-29(39)34-32)19(2)28-31(3,45-28)25(44-30(40)36(5)26(37)12-13-46)16-27(38)35(4)22-15-20(14-18)10-11-21(22)33/h7-11,15,19,23-25,28,41,46H,12-14,16-17H2,1-6H3,(H,34,39)/b9-7+,18-8+/t19-,23?,24-,25+,28+,31-,32+/m1/s1. The SMILES string of the molecule is CO[C@@H]1/C=C/C=C(\C)Cc2ccc(Cl)c(c2)N(C)C(=O)C[C@H](OC(=O)N(C)C(=O)CCS)[C@@]2(C)O[C@H]2[C@H](C)C2C[C@@]1(O)NC(=O)O2. The lowest BCUT2D eigenvalue weighted by Gasteiger charge is -2.42.